The molecule has 1 atom stereocenters. The molecule has 2 saturated heterocycles. The summed E-state index contributed by atoms with van der Waals surface area (Å²) in [5.41, 5.74) is 6.17. The minimum absolute atomic E-state index is 0.0323. The van der Waals surface area contributed by atoms with Gasteiger partial charge in [0.05, 0.1) is 17.5 Å². The van der Waals surface area contributed by atoms with E-state index >= 15 is 0 Å². The number of imide groups is 1. The van der Waals surface area contributed by atoms with Gasteiger partial charge in [0.25, 0.3) is 6.02 Å². The predicted octanol–water partition coefficient (Wildman–Crippen LogP) is 1.43. The van der Waals surface area contributed by atoms with E-state index in [-0.39, 0.29) is 36.4 Å². The van der Waals surface area contributed by atoms with Crippen molar-refractivity contribution >= 4 is 29.4 Å². The zero-order valence-corrected chi connectivity index (χ0v) is 16.8. The first-order valence-electron chi connectivity index (χ1n) is 9.89. The molecule has 4 N–H and O–H groups in total. The largest absolute Gasteiger partial charge is 0.407 e. The number of carbonyl (C=O) groups excluding carboxylic acids is 2. The maximum absolute atomic E-state index is 14.7. The fourth-order valence-corrected chi connectivity index (χ4v) is 3.67. The van der Waals surface area contributed by atoms with Gasteiger partial charge in [-0.1, -0.05) is 0 Å². The first-order chi connectivity index (χ1) is 15.3. The number of aliphatic imine (C=N–C) groups is 1. The van der Waals surface area contributed by atoms with E-state index < -0.39 is 29.4 Å². The number of amidine groups is 1. The SMILES string of the molecule is N=C(OC(N)=NC1CN(c2cc(F)c(C3CCC(=O)NC3=O)c(F)c2)C1)c1cccnc1. The lowest BCUT2D eigenvalue weighted by Gasteiger charge is -2.39. The lowest BCUT2D eigenvalue weighted by molar-refractivity contribution is -0.134. The van der Waals surface area contributed by atoms with Crippen LogP contribution < -0.4 is 16.0 Å². The van der Waals surface area contributed by atoms with E-state index in [0.29, 0.717) is 24.3 Å². The third-order valence-corrected chi connectivity index (χ3v) is 5.32. The molecule has 4 rings (SSSR count). The van der Waals surface area contributed by atoms with Gasteiger partial charge in [0.15, 0.2) is 0 Å². The molecule has 1 aromatic heterocycles. The van der Waals surface area contributed by atoms with Gasteiger partial charge in [-0.25, -0.2) is 13.8 Å². The van der Waals surface area contributed by atoms with E-state index in [0.717, 1.165) is 0 Å². The number of aromatic nitrogens is 1. The Morgan fingerprint density at radius 2 is 2.00 bits per heavy atom. The molecule has 0 radical (unpaired) electrons. The summed E-state index contributed by atoms with van der Waals surface area (Å²) in [4.78, 5) is 33.0. The van der Waals surface area contributed by atoms with E-state index in [2.05, 4.69) is 15.3 Å². The van der Waals surface area contributed by atoms with E-state index in [4.69, 9.17) is 15.9 Å². The van der Waals surface area contributed by atoms with E-state index in [1.54, 1.807) is 23.2 Å². The maximum atomic E-state index is 14.7. The Labute approximate surface area is 181 Å². The van der Waals surface area contributed by atoms with Gasteiger partial charge in [0, 0.05) is 43.2 Å². The second-order valence-electron chi connectivity index (χ2n) is 7.53. The number of nitrogens with two attached hydrogens (primary N) is 1. The second kappa shape index (κ2) is 8.69. The van der Waals surface area contributed by atoms with Crippen molar-refractivity contribution in [2.24, 2.45) is 10.7 Å². The van der Waals surface area contributed by atoms with Gasteiger partial charge >= 0.3 is 0 Å². The van der Waals surface area contributed by atoms with Crippen LogP contribution >= 0.6 is 0 Å². The summed E-state index contributed by atoms with van der Waals surface area (Å²) in [6.07, 6.45) is 3.12. The van der Waals surface area contributed by atoms with Gasteiger partial charge in [0.1, 0.15) is 11.6 Å². The zero-order chi connectivity index (χ0) is 22.8. The van der Waals surface area contributed by atoms with E-state index in [1.165, 1.54) is 18.3 Å². The van der Waals surface area contributed by atoms with Crippen molar-refractivity contribution in [1.29, 1.82) is 5.41 Å². The Kier molecular flexibility index (Phi) is 5.80. The van der Waals surface area contributed by atoms with Crippen molar-refractivity contribution in [3.63, 3.8) is 0 Å². The molecule has 9 nitrogen and oxygen atoms in total. The van der Waals surface area contributed by atoms with E-state index in [9.17, 15) is 18.4 Å². The molecule has 0 saturated carbocycles. The number of halogens is 2. The summed E-state index contributed by atoms with van der Waals surface area (Å²) < 4.78 is 34.5. The summed E-state index contributed by atoms with van der Waals surface area (Å²) in [5, 5.41) is 9.98. The number of ether oxygens (including phenoxy) is 1. The van der Waals surface area contributed by atoms with Gasteiger partial charge in [-0.15, -0.1) is 0 Å². The molecule has 0 aliphatic carbocycles. The Morgan fingerprint density at radius 1 is 1.28 bits per heavy atom. The van der Waals surface area contributed by atoms with Crippen LogP contribution in [0.25, 0.3) is 0 Å². The monoisotopic (exact) mass is 442 g/mol. The van der Waals surface area contributed by atoms with Crippen LogP contribution in [0.15, 0.2) is 41.7 Å². The average Bonchev–Trinajstić information content (AvgIpc) is 2.72. The predicted molar refractivity (Wildman–Crippen MR) is 111 cm³/mol. The van der Waals surface area contributed by atoms with Gasteiger partial charge in [0.2, 0.25) is 17.7 Å². The van der Waals surface area contributed by atoms with Crippen molar-refractivity contribution in [2.45, 2.75) is 24.8 Å². The highest BCUT2D eigenvalue weighted by Gasteiger charge is 2.34. The molecule has 2 aliphatic rings. The Hall–Kier alpha value is -3.89. The van der Waals surface area contributed by atoms with Gasteiger partial charge < -0.3 is 15.4 Å². The van der Waals surface area contributed by atoms with Crippen molar-refractivity contribution in [2.75, 3.05) is 18.0 Å². The maximum Gasteiger partial charge on any atom is 0.289 e. The first kappa shape index (κ1) is 21.3. The number of nitrogens with zero attached hydrogens (tertiary/aromatic N) is 3. The Morgan fingerprint density at radius 3 is 2.62 bits per heavy atom. The Balaban J connectivity index is 1.38. The van der Waals surface area contributed by atoms with E-state index in [1.807, 2.05) is 0 Å². The van der Waals surface area contributed by atoms with Gasteiger partial charge in [-0.2, -0.15) is 0 Å². The van der Waals surface area contributed by atoms with Crippen LogP contribution in [0, 0.1) is 17.0 Å². The number of rotatable bonds is 4. The van der Waals surface area contributed by atoms with Crippen molar-refractivity contribution in [3.8, 4) is 0 Å². The number of pyridine rings is 1. The number of piperidine rings is 1. The molecular formula is C21H20F2N6O3. The molecular weight excluding hydrogens is 422 g/mol. The Bertz CT molecular complexity index is 1080. The molecule has 0 bridgehead atoms. The third kappa shape index (κ3) is 4.41. The summed E-state index contributed by atoms with van der Waals surface area (Å²) in [6.45, 7) is 0.696. The van der Waals surface area contributed by atoms with Crippen molar-refractivity contribution < 1.29 is 23.1 Å². The minimum Gasteiger partial charge on any atom is -0.407 e. The van der Waals surface area contributed by atoms with Crippen molar-refractivity contribution in [3.05, 3.63) is 59.4 Å². The quantitative estimate of drug-likeness (QED) is 0.373. The standard InChI is InChI=1S/C21H20F2N6O3/c22-15-6-13(7-16(23)18(15)14-3-4-17(30)28-20(14)31)29-9-12(10-29)27-21(25)32-19(24)11-2-1-5-26-8-11/h1-2,5-8,12,14,24H,3-4,9-10H2,(H2,25,27)(H,28,30,31). The van der Waals surface area contributed by atoms with Gasteiger partial charge in [-0.3, -0.25) is 25.3 Å². The molecule has 11 heteroatoms. The molecule has 32 heavy (non-hydrogen) atoms. The smallest absolute Gasteiger partial charge is 0.289 e. The topological polar surface area (TPSA) is 134 Å². The number of amides is 2. The van der Waals surface area contributed by atoms with Crippen LogP contribution in [0.3, 0.4) is 0 Å². The van der Waals surface area contributed by atoms with Crippen LogP contribution in [0.4, 0.5) is 14.5 Å². The highest BCUT2D eigenvalue weighted by atomic mass is 19.1. The molecule has 2 aliphatic heterocycles. The number of hydrogen-bond acceptors (Lipinski definition) is 7. The molecule has 166 valence electrons. The normalized spacial score (nSPS) is 19.4. The number of anilines is 1. The van der Waals surface area contributed by atoms with Crippen molar-refractivity contribution in [1.82, 2.24) is 10.3 Å². The lowest BCUT2D eigenvalue weighted by atomic mass is 9.89. The highest BCUT2D eigenvalue weighted by Crippen LogP contribution is 2.33. The summed E-state index contributed by atoms with van der Waals surface area (Å²) in [5.74, 6) is -4.05. The number of carbonyl (C=O) groups is 2. The van der Waals surface area contributed by atoms with Crippen LogP contribution in [-0.2, 0) is 14.3 Å². The fraction of sp³-hybridized carbons (Fsp3) is 0.286. The van der Waals surface area contributed by atoms with Crippen LogP contribution in [0.5, 0.6) is 0 Å². The average molecular weight is 442 g/mol. The molecule has 2 amide bonds. The highest BCUT2D eigenvalue weighted by molar-refractivity contribution is 6.01. The minimum atomic E-state index is -1.04. The molecule has 0 spiro atoms. The first-order valence-corrected chi connectivity index (χ1v) is 9.89. The summed E-state index contributed by atoms with van der Waals surface area (Å²) >= 11 is 0. The summed E-state index contributed by atoms with van der Waals surface area (Å²) in [7, 11) is 0. The molecule has 1 unspecified atom stereocenters. The number of benzene rings is 1. The van der Waals surface area contributed by atoms with Gasteiger partial charge in [-0.05, 0) is 30.7 Å². The summed E-state index contributed by atoms with van der Waals surface area (Å²) in [6, 6.07) is 5.19. The number of hydrogen-bond donors (Lipinski definition) is 3. The zero-order valence-electron chi connectivity index (χ0n) is 16.8. The van der Waals surface area contributed by atoms with Crippen LogP contribution in [0.2, 0.25) is 0 Å². The van der Waals surface area contributed by atoms with Crippen LogP contribution in [-0.4, -0.2) is 47.8 Å². The molecule has 3 heterocycles. The fourth-order valence-electron chi connectivity index (χ4n) is 3.67. The number of nitrogens with one attached hydrogen (secondary N) is 2. The van der Waals surface area contributed by atoms with Crippen LogP contribution in [0.1, 0.15) is 29.9 Å². The lowest BCUT2D eigenvalue weighted by Crippen LogP contribution is -2.51. The second-order valence-corrected chi connectivity index (χ2v) is 7.53. The molecule has 1 aromatic carbocycles. The third-order valence-electron chi connectivity index (χ3n) is 5.32. The molecule has 2 fully saturated rings. The molecule has 2 aromatic rings.